The Kier molecular flexibility index (Phi) is 20.5. The number of hydrogen-bond donors (Lipinski definition) is 5. The van der Waals surface area contributed by atoms with Crippen LogP contribution in [0.4, 0.5) is 0 Å². The molecule has 4 saturated heterocycles. The van der Waals surface area contributed by atoms with Gasteiger partial charge in [-0.1, -0.05) is 36.4 Å². The molecule has 2 spiro atoms. The number of aromatic nitrogens is 6. The zero-order valence-corrected chi connectivity index (χ0v) is 46.8. The molecule has 5 N–H and O–H groups in total. The molecule has 0 aliphatic carbocycles. The third-order valence-corrected chi connectivity index (χ3v) is 17.4. The number of nitrogens with one attached hydrogen (secondary N) is 2. The van der Waals surface area contributed by atoms with Crippen molar-refractivity contribution in [3.8, 4) is 11.5 Å². The maximum absolute atomic E-state index is 13.9. The first-order valence-corrected chi connectivity index (χ1v) is 29.0. The van der Waals surface area contributed by atoms with E-state index in [4.69, 9.17) is 48.5 Å². The first-order valence-electron chi connectivity index (χ1n) is 24.5. The summed E-state index contributed by atoms with van der Waals surface area (Å²) in [7, 11) is 0.449. The second kappa shape index (κ2) is 26.1. The van der Waals surface area contributed by atoms with Gasteiger partial charge in [-0.25, -0.2) is 19.1 Å². The molecule has 7 heterocycles. The van der Waals surface area contributed by atoms with Crippen molar-refractivity contribution in [2.45, 2.75) is 88.6 Å². The second-order valence-corrected chi connectivity index (χ2v) is 25.1. The van der Waals surface area contributed by atoms with Crippen LogP contribution in [0, 0.1) is 10.8 Å². The number of halogens is 1. The maximum Gasteiger partial charge on any atom is 0.380 e. The van der Waals surface area contributed by atoms with Crippen molar-refractivity contribution in [2.75, 3.05) is 53.0 Å². The van der Waals surface area contributed by atoms with Gasteiger partial charge in [-0.15, -0.1) is 0 Å². The molecule has 0 amide bonds. The lowest BCUT2D eigenvalue weighted by Gasteiger charge is -2.44. The smallest absolute Gasteiger partial charge is 0.380 e. The normalized spacial score (nSPS) is 25.5. The Morgan fingerprint density at radius 2 is 1.16 bits per heavy atom. The zero-order chi connectivity index (χ0) is 58.0. The van der Waals surface area contributed by atoms with Crippen LogP contribution in [0.25, 0.3) is 0 Å². The predicted octanol–water partition coefficient (Wildman–Crippen LogP) is 3.50. The molecular weight excluding hydrogens is 1100 g/mol. The van der Waals surface area contributed by atoms with E-state index < -0.39 is 108 Å². The lowest BCUT2D eigenvalue weighted by Crippen LogP contribution is -2.57. The molecule has 9 rings (SSSR count). The highest BCUT2D eigenvalue weighted by Gasteiger charge is 2.63. The number of esters is 2. The minimum Gasteiger partial charge on any atom is -0.469 e. The van der Waals surface area contributed by atoms with E-state index in [1.807, 2.05) is 23.9 Å². The number of aliphatic hydroxyl groups excluding tert-OH is 3. The number of para-hydroxylation sites is 2. The summed E-state index contributed by atoms with van der Waals surface area (Å²) in [4.78, 5) is 78.6. The van der Waals surface area contributed by atoms with Gasteiger partial charge in [0.2, 0.25) is 0 Å². The van der Waals surface area contributed by atoms with Crippen LogP contribution in [0.1, 0.15) is 53.0 Å². The lowest BCUT2D eigenvalue weighted by atomic mass is 9.86. The number of nitrogens with zero attached hydrogens (tertiary/aromatic N) is 4. The van der Waals surface area contributed by atoms with Crippen LogP contribution in [0.3, 0.4) is 0 Å². The fraction of sp³-hybridized carbons (Fsp3) is 0.500. The summed E-state index contributed by atoms with van der Waals surface area (Å²) < 4.78 is 79.0. The van der Waals surface area contributed by atoms with Crippen molar-refractivity contribution >= 4 is 37.5 Å². The Balaban J connectivity index is 0.000000196. The van der Waals surface area contributed by atoms with Crippen molar-refractivity contribution in [2.24, 2.45) is 17.9 Å². The largest absolute Gasteiger partial charge is 0.469 e. The monoisotopic (exact) mass is 1170 g/mol. The number of aliphatic hydroxyl groups is 3. The van der Waals surface area contributed by atoms with Gasteiger partial charge in [0.05, 0.1) is 70.1 Å². The van der Waals surface area contributed by atoms with Gasteiger partial charge in [0.15, 0.2) is 12.5 Å². The highest BCUT2D eigenvalue weighted by Crippen LogP contribution is 2.57. The van der Waals surface area contributed by atoms with Crippen molar-refractivity contribution in [3.05, 3.63) is 146 Å². The Morgan fingerprint density at radius 3 is 1.54 bits per heavy atom. The molecule has 5 aromatic rings. The minimum absolute atomic E-state index is 0.0941. The lowest BCUT2D eigenvalue weighted by molar-refractivity contribution is -0.227. The average Bonchev–Trinajstić information content (AvgIpc) is 4.25. The number of H-pyrrole nitrogens is 2. The van der Waals surface area contributed by atoms with Crippen molar-refractivity contribution in [3.63, 3.8) is 0 Å². The maximum atomic E-state index is 13.9. The number of benzene rings is 2. The van der Waals surface area contributed by atoms with Crippen LogP contribution in [-0.2, 0) is 58.7 Å². The number of hydrogen-bond acceptors (Lipinski definition) is 21. The average molecular weight is 1170 g/mol. The molecule has 0 radical (unpaired) electrons. The number of carbonyl (C=O) groups is 2. The van der Waals surface area contributed by atoms with Gasteiger partial charge in [-0.2, -0.15) is 0 Å². The number of carbonyl (C=O) groups excluding carboxylic acids is 2. The highest BCUT2D eigenvalue weighted by molar-refractivity contribution is 7.85. The molecule has 3 aromatic heterocycles. The second-order valence-electron chi connectivity index (χ2n) is 19.9. The van der Waals surface area contributed by atoms with E-state index >= 15 is 0 Å². The highest BCUT2D eigenvalue weighted by atomic mass is 35.7. The molecular formula is C50H65ClN6O20P2. The van der Waals surface area contributed by atoms with Crippen molar-refractivity contribution in [1.82, 2.24) is 28.7 Å². The molecule has 2 aromatic carbocycles. The van der Waals surface area contributed by atoms with Crippen LogP contribution in [-0.4, -0.2) is 145 Å². The van der Waals surface area contributed by atoms with E-state index in [1.54, 1.807) is 94.8 Å². The summed E-state index contributed by atoms with van der Waals surface area (Å²) in [5.41, 5.74) is -6.90. The first kappa shape index (κ1) is 62.2. The fourth-order valence-corrected chi connectivity index (χ4v) is 13.7. The Morgan fingerprint density at radius 1 is 0.722 bits per heavy atom. The third-order valence-electron chi connectivity index (χ3n) is 13.0. The summed E-state index contributed by atoms with van der Waals surface area (Å²) in [5.74, 6) is -0.387. The van der Waals surface area contributed by atoms with Crippen LogP contribution >= 0.6 is 25.6 Å². The summed E-state index contributed by atoms with van der Waals surface area (Å²) in [6, 6.07) is 19.3. The standard InChI is InChI=1S/C23H29N2O10P.C12H16ClO4P.C11H14N2O6.C4H6N2/c1-22(2,20(28)31-3)14-36(30,35-15-7-5-4-6-8-15)33-13-16-18(27)23(10-12-32-23)19(34-16)25-11-9-17(26)24-21(25)29;1-12(2,11(14)16-3)9-18(13,15)17-10-7-5-4-6-8-10;14-5-6-8(16)11(2-4-18-11)9(19-6)13-3-1-7(15)12-10(13)17;1-6-3-2-5-4-6/h4-9,11,16,18-19,27H,10,12-14H2,1-3H3,(H,24,26,29);4-8H,9H2,1-3H3;1,3,6,8-9,14,16H,2,4-5H2,(H,12,15,17);2-4H,1H3/t16-,18-,19-,23-,36?;;6-,8-,9-,11-;/m1.1./s1. The molecule has 2 unspecified atom stereocenters. The van der Waals surface area contributed by atoms with Crippen LogP contribution < -0.4 is 31.5 Å². The van der Waals surface area contributed by atoms with E-state index in [1.165, 1.54) is 37.2 Å². The van der Waals surface area contributed by atoms with Gasteiger partial charge >= 0.3 is 37.6 Å². The number of aromatic amines is 2. The van der Waals surface area contributed by atoms with Crippen molar-refractivity contribution in [1.29, 1.82) is 0 Å². The summed E-state index contributed by atoms with van der Waals surface area (Å²) >= 11 is 5.88. The first-order chi connectivity index (χ1) is 37.2. The Labute approximate surface area is 457 Å². The van der Waals surface area contributed by atoms with E-state index in [9.17, 15) is 53.2 Å². The Bertz CT molecular complexity index is 3160. The number of ether oxygens (including phenoxy) is 6. The van der Waals surface area contributed by atoms with Gasteiger partial charge < -0.3 is 57.4 Å². The molecule has 432 valence electrons. The topological polar surface area (TPSA) is 340 Å². The fourth-order valence-electron chi connectivity index (χ4n) is 8.83. The molecule has 26 nitrogen and oxygen atoms in total. The zero-order valence-electron chi connectivity index (χ0n) is 44.3. The molecule has 29 heteroatoms. The van der Waals surface area contributed by atoms with Gasteiger partial charge in [0.25, 0.3) is 11.1 Å². The number of imidazole rings is 1. The van der Waals surface area contributed by atoms with Crippen LogP contribution in [0.2, 0.25) is 0 Å². The van der Waals surface area contributed by atoms with Gasteiger partial charge in [-0.3, -0.25) is 47.4 Å². The molecule has 4 aliphatic rings. The quantitative estimate of drug-likeness (QED) is 0.0697. The predicted molar refractivity (Wildman–Crippen MR) is 282 cm³/mol. The third kappa shape index (κ3) is 15.1. The minimum atomic E-state index is -4.00. The molecule has 4 aliphatic heterocycles. The van der Waals surface area contributed by atoms with Gasteiger partial charge in [0.1, 0.15) is 47.1 Å². The Hall–Kier alpha value is -6.02. The van der Waals surface area contributed by atoms with E-state index in [0.717, 1.165) is 10.6 Å². The summed E-state index contributed by atoms with van der Waals surface area (Å²) in [6.45, 7) is 2.94. The van der Waals surface area contributed by atoms with E-state index in [0.29, 0.717) is 31.8 Å². The van der Waals surface area contributed by atoms with E-state index in [2.05, 4.69) is 19.7 Å². The molecule has 0 saturated carbocycles. The number of rotatable bonds is 16. The van der Waals surface area contributed by atoms with Crippen LogP contribution in [0.5, 0.6) is 11.5 Å². The van der Waals surface area contributed by atoms with Crippen LogP contribution in [0.15, 0.2) is 123 Å². The van der Waals surface area contributed by atoms with Gasteiger partial charge in [-0.05, 0) is 63.2 Å². The SMILES string of the molecule is COC(=O)C(C)(C)CP(=O)(Cl)Oc1ccccc1.COC(=O)C(C)(C)CP(=O)(OC[C@H]1O[C@@H](n2ccc(=O)[nH]c2=O)[C@@]2(CCO2)[C@@H]1O)Oc1ccccc1.Cn1ccnc1.O=c1ccn([C@@H]2O[C@H](CO)[C@@H](O)[C@]23CCO3)c(=O)[nH]1. The number of aryl methyl sites for hydroxylation is 1. The number of methoxy groups -OCH3 is 2. The molecule has 4 fully saturated rings. The van der Waals surface area contributed by atoms with E-state index in [-0.39, 0.29) is 31.3 Å². The molecule has 0 bridgehead atoms. The van der Waals surface area contributed by atoms with Gasteiger partial charge in [0, 0.05) is 56.8 Å². The molecule has 10 atom stereocenters. The summed E-state index contributed by atoms with van der Waals surface area (Å²) in [6.07, 6.45) is 2.39. The summed E-state index contributed by atoms with van der Waals surface area (Å²) in [5, 5.41) is 30.4. The molecule has 79 heavy (non-hydrogen) atoms. The van der Waals surface area contributed by atoms with Crippen molar-refractivity contribution < 1.29 is 76.0 Å².